The molecule has 96 valence electrons. The first-order chi connectivity index (χ1) is 8.11. The summed E-state index contributed by atoms with van der Waals surface area (Å²) in [5.41, 5.74) is 5.42. The summed E-state index contributed by atoms with van der Waals surface area (Å²) in [7, 11) is 0. The molecule has 3 unspecified atom stereocenters. The van der Waals surface area contributed by atoms with Crippen molar-refractivity contribution in [3.63, 3.8) is 0 Å². The molecule has 17 heavy (non-hydrogen) atoms. The van der Waals surface area contributed by atoms with E-state index in [1.165, 1.54) is 0 Å². The molecule has 0 spiro atoms. The van der Waals surface area contributed by atoms with Crippen LogP contribution < -0.4 is 11.1 Å². The second-order valence-corrected chi connectivity index (χ2v) is 5.08. The van der Waals surface area contributed by atoms with Crippen molar-refractivity contribution in [2.24, 2.45) is 11.7 Å². The third kappa shape index (κ3) is 2.60. The molecular weight excluding hydrogens is 218 g/mol. The molecule has 0 aromatic heterocycles. The fraction of sp³-hybridized carbons (Fsp3) is 0.833. The van der Waals surface area contributed by atoms with E-state index in [1.54, 1.807) is 0 Å². The molecule has 2 rings (SSSR count). The quantitative estimate of drug-likeness (QED) is 0.719. The molecule has 2 aliphatic heterocycles. The molecule has 2 fully saturated rings. The SMILES string of the molecule is CCC(C(N)=O)N1CCC2NC(=O)CCC2C1. The van der Waals surface area contributed by atoms with Crippen LogP contribution >= 0.6 is 0 Å². The molecule has 5 nitrogen and oxygen atoms in total. The van der Waals surface area contributed by atoms with E-state index < -0.39 is 0 Å². The van der Waals surface area contributed by atoms with Gasteiger partial charge in [0.1, 0.15) is 0 Å². The van der Waals surface area contributed by atoms with Crippen LogP contribution in [0.2, 0.25) is 0 Å². The number of primary amides is 1. The molecule has 5 heteroatoms. The average molecular weight is 239 g/mol. The molecule has 2 amide bonds. The van der Waals surface area contributed by atoms with E-state index in [-0.39, 0.29) is 17.9 Å². The van der Waals surface area contributed by atoms with E-state index in [1.807, 2.05) is 6.92 Å². The number of amides is 2. The molecular formula is C12H21N3O2. The van der Waals surface area contributed by atoms with Gasteiger partial charge in [-0.3, -0.25) is 14.5 Å². The smallest absolute Gasteiger partial charge is 0.234 e. The summed E-state index contributed by atoms with van der Waals surface area (Å²) in [6.07, 6.45) is 3.24. The van der Waals surface area contributed by atoms with Gasteiger partial charge >= 0.3 is 0 Å². The van der Waals surface area contributed by atoms with E-state index in [9.17, 15) is 9.59 Å². The van der Waals surface area contributed by atoms with Crippen LogP contribution in [0.3, 0.4) is 0 Å². The molecule has 0 radical (unpaired) electrons. The number of hydrogen-bond donors (Lipinski definition) is 2. The van der Waals surface area contributed by atoms with Crippen LogP contribution in [0.5, 0.6) is 0 Å². The van der Waals surface area contributed by atoms with E-state index >= 15 is 0 Å². The van der Waals surface area contributed by atoms with Crippen molar-refractivity contribution in [3.05, 3.63) is 0 Å². The maximum Gasteiger partial charge on any atom is 0.234 e. The highest BCUT2D eigenvalue weighted by Gasteiger charge is 2.36. The summed E-state index contributed by atoms with van der Waals surface area (Å²) in [5, 5.41) is 3.04. The van der Waals surface area contributed by atoms with E-state index in [4.69, 9.17) is 5.73 Å². The Kier molecular flexibility index (Phi) is 3.66. The fourth-order valence-corrected chi connectivity index (χ4v) is 3.06. The molecule has 0 aromatic rings. The van der Waals surface area contributed by atoms with Gasteiger partial charge in [-0.1, -0.05) is 6.92 Å². The molecule has 2 saturated heterocycles. The molecule has 0 saturated carbocycles. The van der Waals surface area contributed by atoms with Crippen LogP contribution in [0.4, 0.5) is 0 Å². The van der Waals surface area contributed by atoms with Crippen molar-refractivity contribution in [2.45, 2.75) is 44.7 Å². The van der Waals surface area contributed by atoms with Crippen molar-refractivity contribution in [2.75, 3.05) is 13.1 Å². The minimum absolute atomic E-state index is 0.145. The van der Waals surface area contributed by atoms with Gasteiger partial charge in [0, 0.05) is 25.6 Å². The van der Waals surface area contributed by atoms with Gasteiger partial charge in [0.15, 0.2) is 0 Å². The summed E-state index contributed by atoms with van der Waals surface area (Å²) in [5.74, 6) is 0.419. The first kappa shape index (κ1) is 12.4. The van der Waals surface area contributed by atoms with Gasteiger partial charge in [0.05, 0.1) is 6.04 Å². The summed E-state index contributed by atoms with van der Waals surface area (Å²) in [6.45, 7) is 3.72. The third-order valence-corrected chi connectivity index (χ3v) is 4.01. The Morgan fingerprint density at radius 2 is 2.35 bits per heavy atom. The van der Waals surface area contributed by atoms with Gasteiger partial charge in [-0.15, -0.1) is 0 Å². The number of nitrogens with two attached hydrogens (primary N) is 1. The molecule has 2 aliphatic rings. The normalized spacial score (nSPS) is 31.5. The van der Waals surface area contributed by atoms with E-state index in [0.29, 0.717) is 18.4 Å². The first-order valence-corrected chi connectivity index (χ1v) is 6.44. The van der Waals surface area contributed by atoms with Crippen molar-refractivity contribution in [1.29, 1.82) is 0 Å². The second-order valence-electron chi connectivity index (χ2n) is 5.08. The van der Waals surface area contributed by atoms with Gasteiger partial charge in [-0.2, -0.15) is 0 Å². The maximum absolute atomic E-state index is 11.4. The predicted molar refractivity (Wildman–Crippen MR) is 64.1 cm³/mol. The molecule has 0 aliphatic carbocycles. The van der Waals surface area contributed by atoms with Gasteiger partial charge < -0.3 is 11.1 Å². The van der Waals surface area contributed by atoms with Crippen molar-refractivity contribution in [3.8, 4) is 0 Å². The minimum atomic E-state index is -0.231. The largest absolute Gasteiger partial charge is 0.368 e. The highest BCUT2D eigenvalue weighted by molar-refractivity contribution is 5.80. The number of fused-ring (bicyclic) bond motifs is 1. The number of rotatable bonds is 3. The van der Waals surface area contributed by atoms with Crippen LogP contribution in [0.25, 0.3) is 0 Å². The lowest BCUT2D eigenvalue weighted by molar-refractivity contribution is -0.128. The standard InChI is InChI=1S/C12H21N3O2/c1-2-10(12(13)17)15-6-5-9-8(7-15)3-4-11(16)14-9/h8-10H,2-7H2,1H3,(H2,13,17)(H,14,16). The summed E-state index contributed by atoms with van der Waals surface area (Å²) >= 11 is 0. The minimum Gasteiger partial charge on any atom is -0.368 e. The zero-order chi connectivity index (χ0) is 12.4. The van der Waals surface area contributed by atoms with Crippen molar-refractivity contribution < 1.29 is 9.59 Å². The zero-order valence-corrected chi connectivity index (χ0v) is 10.3. The van der Waals surface area contributed by atoms with Crippen LogP contribution in [0.15, 0.2) is 0 Å². The molecule has 3 N–H and O–H groups in total. The van der Waals surface area contributed by atoms with E-state index in [0.717, 1.165) is 32.4 Å². The average Bonchev–Trinajstić information content (AvgIpc) is 2.29. The highest BCUT2D eigenvalue weighted by Crippen LogP contribution is 2.26. The first-order valence-electron chi connectivity index (χ1n) is 6.44. The Morgan fingerprint density at radius 3 is 3.00 bits per heavy atom. The zero-order valence-electron chi connectivity index (χ0n) is 10.3. The second kappa shape index (κ2) is 5.04. The maximum atomic E-state index is 11.4. The lowest BCUT2D eigenvalue weighted by Crippen LogP contribution is -2.57. The Hall–Kier alpha value is -1.10. The Morgan fingerprint density at radius 1 is 1.59 bits per heavy atom. The summed E-state index contributed by atoms with van der Waals surface area (Å²) in [4.78, 5) is 24.8. The number of nitrogens with zero attached hydrogens (tertiary/aromatic N) is 1. The Labute approximate surface area is 102 Å². The summed E-state index contributed by atoms with van der Waals surface area (Å²) < 4.78 is 0. The van der Waals surface area contributed by atoms with Crippen LogP contribution in [-0.4, -0.2) is 41.9 Å². The van der Waals surface area contributed by atoms with E-state index in [2.05, 4.69) is 10.2 Å². The number of piperidine rings is 2. The molecule has 0 bridgehead atoms. The van der Waals surface area contributed by atoms with Gasteiger partial charge in [0.25, 0.3) is 0 Å². The predicted octanol–water partition coefficient (Wildman–Crippen LogP) is -0.149. The van der Waals surface area contributed by atoms with Crippen LogP contribution in [0, 0.1) is 5.92 Å². The summed E-state index contributed by atoms with van der Waals surface area (Å²) in [6, 6.07) is 0.159. The highest BCUT2D eigenvalue weighted by atomic mass is 16.2. The van der Waals surface area contributed by atoms with Crippen molar-refractivity contribution >= 4 is 11.8 Å². The van der Waals surface area contributed by atoms with Crippen LogP contribution in [-0.2, 0) is 9.59 Å². The topological polar surface area (TPSA) is 75.4 Å². The molecule has 3 atom stereocenters. The third-order valence-electron chi connectivity index (χ3n) is 4.01. The number of carbonyl (C=O) groups excluding carboxylic acids is 2. The number of carbonyl (C=O) groups is 2. The van der Waals surface area contributed by atoms with Gasteiger partial charge in [0.2, 0.25) is 11.8 Å². The number of nitrogens with one attached hydrogen (secondary N) is 1. The molecule has 2 heterocycles. The monoisotopic (exact) mass is 239 g/mol. The van der Waals surface area contributed by atoms with Crippen molar-refractivity contribution in [1.82, 2.24) is 10.2 Å². The Bertz CT molecular complexity index is 319. The lowest BCUT2D eigenvalue weighted by Gasteiger charge is -2.43. The van der Waals surface area contributed by atoms with Gasteiger partial charge in [-0.25, -0.2) is 0 Å². The number of likely N-dealkylation sites (tertiary alicyclic amines) is 1. The number of hydrogen-bond acceptors (Lipinski definition) is 3. The van der Waals surface area contributed by atoms with Gasteiger partial charge in [-0.05, 0) is 25.2 Å². The fourth-order valence-electron chi connectivity index (χ4n) is 3.06. The molecule has 0 aromatic carbocycles. The lowest BCUT2D eigenvalue weighted by atomic mass is 9.84. The Balaban J connectivity index is 1.97. The van der Waals surface area contributed by atoms with Crippen LogP contribution in [0.1, 0.15) is 32.6 Å².